The fourth-order valence-electron chi connectivity index (χ4n) is 4.74. The van der Waals surface area contributed by atoms with E-state index in [1.54, 1.807) is 16.6 Å². The number of pyridine rings is 1. The molecule has 2 aliphatic carbocycles. The number of nitrogens with zero attached hydrogens (tertiary/aromatic N) is 5. The van der Waals surface area contributed by atoms with Crippen LogP contribution in [0.1, 0.15) is 63.3 Å². The molecule has 0 aliphatic heterocycles. The van der Waals surface area contributed by atoms with Gasteiger partial charge in [0.2, 0.25) is 0 Å². The topological polar surface area (TPSA) is 120 Å². The van der Waals surface area contributed by atoms with Crippen molar-refractivity contribution in [1.82, 2.24) is 24.9 Å². The van der Waals surface area contributed by atoms with E-state index < -0.39 is 5.97 Å². The van der Waals surface area contributed by atoms with Gasteiger partial charge in [0.15, 0.2) is 0 Å². The van der Waals surface area contributed by atoms with Gasteiger partial charge >= 0.3 is 12.1 Å². The van der Waals surface area contributed by atoms with Crippen molar-refractivity contribution in [2.75, 3.05) is 13.1 Å². The molecule has 10 heteroatoms. The minimum absolute atomic E-state index is 0.0520. The molecule has 190 valence electrons. The summed E-state index contributed by atoms with van der Waals surface area (Å²) < 4.78 is 13.3. The molecule has 1 amide bonds. The van der Waals surface area contributed by atoms with Crippen molar-refractivity contribution in [3.63, 3.8) is 0 Å². The highest BCUT2D eigenvalue weighted by atomic mass is 16.6. The van der Waals surface area contributed by atoms with Crippen LogP contribution >= 0.6 is 0 Å². The Hall–Kier alpha value is -3.17. The van der Waals surface area contributed by atoms with Crippen LogP contribution < -0.4 is 4.74 Å². The third kappa shape index (κ3) is 5.91. The maximum Gasteiger partial charge on any atom is 0.410 e. The minimum atomic E-state index is -0.760. The highest BCUT2D eigenvalue weighted by molar-refractivity contribution is 5.70. The zero-order chi connectivity index (χ0) is 24.9. The summed E-state index contributed by atoms with van der Waals surface area (Å²) in [6.07, 6.45) is 5.99. The Balaban J connectivity index is 1.41. The predicted molar refractivity (Wildman–Crippen MR) is 128 cm³/mol. The average Bonchev–Trinajstić information content (AvgIpc) is 3.18. The third-order valence-corrected chi connectivity index (χ3v) is 7.17. The van der Waals surface area contributed by atoms with E-state index in [1.807, 2.05) is 26.0 Å². The fraction of sp³-hybridized carbons (Fsp3) is 0.640. The molecule has 2 saturated carbocycles. The van der Waals surface area contributed by atoms with Gasteiger partial charge in [-0.3, -0.25) is 4.79 Å². The van der Waals surface area contributed by atoms with Gasteiger partial charge in [0.25, 0.3) is 0 Å². The molecule has 2 atom stereocenters. The van der Waals surface area contributed by atoms with Gasteiger partial charge in [0.1, 0.15) is 23.7 Å². The number of carbonyl (C=O) groups excluding carboxylic acids is 1. The van der Waals surface area contributed by atoms with Crippen molar-refractivity contribution in [1.29, 1.82) is 0 Å². The second-order valence-corrected chi connectivity index (χ2v) is 9.62. The Morgan fingerprint density at radius 1 is 1.20 bits per heavy atom. The van der Waals surface area contributed by atoms with Crippen molar-refractivity contribution in [2.24, 2.45) is 18.9 Å². The minimum Gasteiger partial charge on any atom is -0.489 e. The van der Waals surface area contributed by atoms with Crippen LogP contribution in [-0.4, -0.2) is 61.2 Å². The first-order valence-electron chi connectivity index (χ1n) is 12.5. The number of carbonyl (C=O) groups is 2. The summed E-state index contributed by atoms with van der Waals surface area (Å²) in [5.74, 6) is 0.0946. The summed E-state index contributed by atoms with van der Waals surface area (Å²) in [7, 11) is 1.76. The second-order valence-electron chi connectivity index (χ2n) is 9.62. The van der Waals surface area contributed by atoms with Crippen LogP contribution in [-0.2, 0) is 23.2 Å². The molecular weight excluding hydrogens is 450 g/mol. The molecule has 0 spiro atoms. The lowest BCUT2D eigenvalue weighted by Gasteiger charge is -2.31. The van der Waals surface area contributed by atoms with Crippen LogP contribution in [0.2, 0.25) is 0 Å². The molecule has 0 saturated heterocycles. The molecule has 0 aromatic carbocycles. The summed E-state index contributed by atoms with van der Waals surface area (Å²) >= 11 is 0. The molecule has 10 nitrogen and oxygen atoms in total. The van der Waals surface area contributed by atoms with Crippen molar-refractivity contribution < 1.29 is 24.2 Å². The largest absolute Gasteiger partial charge is 0.489 e. The molecule has 2 aromatic heterocycles. The van der Waals surface area contributed by atoms with Crippen LogP contribution in [0, 0.1) is 18.8 Å². The van der Waals surface area contributed by atoms with E-state index in [1.165, 1.54) is 19.3 Å². The number of aromatic nitrogens is 4. The first-order chi connectivity index (χ1) is 16.9. The van der Waals surface area contributed by atoms with E-state index in [0.29, 0.717) is 53.8 Å². The molecule has 35 heavy (non-hydrogen) atoms. The van der Waals surface area contributed by atoms with Gasteiger partial charge in [-0.05, 0) is 70.4 Å². The lowest BCUT2D eigenvalue weighted by molar-refractivity contribution is -0.143. The van der Waals surface area contributed by atoms with Crippen molar-refractivity contribution in [3.8, 4) is 17.1 Å². The quantitative estimate of drug-likeness (QED) is 0.567. The number of amides is 1. The van der Waals surface area contributed by atoms with Gasteiger partial charge in [-0.2, -0.15) is 0 Å². The summed E-state index contributed by atoms with van der Waals surface area (Å²) in [5.41, 5.74) is 2.52. The normalized spacial score (nSPS) is 20.2. The summed E-state index contributed by atoms with van der Waals surface area (Å²) in [4.78, 5) is 30.4. The first kappa shape index (κ1) is 24.9. The maximum atomic E-state index is 12.6. The lowest BCUT2D eigenvalue weighted by atomic mass is 9.85. The Labute approximate surface area is 205 Å². The number of ether oxygens (including phenoxy) is 2. The van der Waals surface area contributed by atoms with E-state index in [2.05, 4.69) is 15.3 Å². The number of aliphatic carboxylic acids is 1. The molecule has 2 aromatic rings. The molecule has 4 rings (SSSR count). The van der Waals surface area contributed by atoms with Crippen molar-refractivity contribution in [2.45, 2.75) is 71.5 Å². The summed E-state index contributed by atoms with van der Waals surface area (Å²) in [5, 5.41) is 17.7. The van der Waals surface area contributed by atoms with E-state index in [0.717, 1.165) is 19.4 Å². The van der Waals surface area contributed by atoms with E-state index in [-0.39, 0.29) is 24.7 Å². The van der Waals surface area contributed by atoms with Gasteiger partial charge < -0.3 is 19.5 Å². The monoisotopic (exact) mass is 485 g/mol. The van der Waals surface area contributed by atoms with Crippen LogP contribution in [0.4, 0.5) is 4.79 Å². The molecule has 0 bridgehead atoms. The third-order valence-electron chi connectivity index (χ3n) is 7.17. The van der Waals surface area contributed by atoms with Crippen molar-refractivity contribution in [3.05, 3.63) is 23.5 Å². The zero-order valence-electron chi connectivity index (χ0n) is 20.8. The van der Waals surface area contributed by atoms with E-state index in [9.17, 15) is 14.7 Å². The van der Waals surface area contributed by atoms with Crippen LogP contribution in [0.15, 0.2) is 12.1 Å². The average molecular weight is 486 g/mol. The molecule has 0 radical (unpaired) electrons. The number of hydrogen-bond donors (Lipinski definition) is 1. The molecular formula is C25H35N5O5. The highest BCUT2D eigenvalue weighted by Crippen LogP contribution is 2.31. The Morgan fingerprint density at radius 3 is 2.63 bits per heavy atom. The maximum absolute atomic E-state index is 12.6. The van der Waals surface area contributed by atoms with Gasteiger partial charge in [0, 0.05) is 20.1 Å². The van der Waals surface area contributed by atoms with Gasteiger partial charge in [0.05, 0.1) is 23.4 Å². The van der Waals surface area contributed by atoms with Gasteiger partial charge in [-0.1, -0.05) is 11.6 Å². The van der Waals surface area contributed by atoms with Crippen LogP contribution in [0.5, 0.6) is 5.75 Å². The second kappa shape index (κ2) is 11.0. The van der Waals surface area contributed by atoms with E-state index in [4.69, 9.17) is 9.47 Å². The Morgan fingerprint density at radius 2 is 1.97 bits per heavy atom. The predicted octanol–water partition coefficient (Wildman–Crippen LogP) is 3.97. The number of carboxylic acids is 1. The van der Waals surface area contributed by atoms with Crippen LogP contribution in [0.3, 0.4) is 0 Å². The molecule has 2 fully saturated rings. The fourth-order valence-corrected chi connectivity index (χ4v) is 4.74. The number of carboxylic acid groups (broad SMARTS) is 1. The number of rotatable bonds is 9. The zero-order valence-corrected chi connectivity index (χ0v) is 20.8. The molecule has 1 N–H and O–H groups in total. The summed E-state index contributed by atoms with van der Waals surface area (Å²) in [6, 6.07) is 3.65. The molecule has 2 aliphatic rings. The number of hydrogen-bond acceptors (Lipinski definition) is 7. The van der Waals surface area contributed by atoms with E-state index >= 15 is 0 Å². The highest BCUT2D eigenvalue weighted by Gasteiger charge is 2.29. The van der Waals surface area contributed by atoms with Gasteiger partial charge in [-0.25, -0.2) is 14.5 Å². The Bertz CT molecular complexity index is 1050. The van der Waals surface area contributed by atoms with Crippen LogP contribution in [0.25, 0.3) is 11.4 Å². The number of aryl methyl sites for hydroxylation is 2. The molecule has 2 heterocycles. The smallest absolute Gasteiger partial charge is 0.410 e. The summed E-state index contributed by atoms with van der Waals surface area (Å²) in [6.45, 7) is 5.22. The Kier molecular flexibility index (Phi) is 7.87. The van der Waals surface area contributed by atoms with Gasteiger partial charge in [-0.15, -0.1) is 5.10 Å². The first-order valence-corrected chi connectivity index (χ1v) is 12.5. The van der Waals surface area contributed by atoms with Crippen molar-refractivity contribution >= 4 is 12.1 Å². The standard InChI is InChI=1S/C25H35N5O5/c1-4-30(14-17-7-5-8-17)25(33)34-15-21-23(27-28-29(21)3)20-11-12-22(16(2)26-20)35-19-10-6-9-18(13-19)24(31)32/h11-12,17-19H,4-10,13-15H2,1-3H3,(H,31,32)/t18-,19-/m0/s1. The molecule has 0 unspecified atom stereocenters. The SMILES string of the molecule is CCN(CC1CCC1)C(=O)OCc1c(-c2ccc(O[C@H]3CCC[C@H](C(=O)O)C3)c(C)n2)nnn1C. The lowest BCUT2D eigenvalue weighted by Crippen LogP contribution is -2.37.